The molecule has 2 aromatic heterocycles. The van der Waals surface area contributed by atoms with Gasteiger partial charge in [0.05, 0.1) is 12.2 Å². The van der Waals surface area contributed by atoms with E-state index in [0.717, 1.165) is 5.69 Å². The maximum absolute atomic E-state index is 4.25. The zero-order valence-electron chi connectivity index (χ0n) is 8.38. The van der Waals surface area contributed by atoms with Gasteiger partial charge in [-0.1, -0.05) is 11.3 Å². The number of hydrogen-bond acceptors (Lipinski definition) is 5. The van der Waals surface area contributed by atoms with E-state index in [9.17, 15) is 0 Å². The Morgan fingerprint density at radius 3 is 3.07 bits per heavy atom. The van der Waals surface area contributed by atoms with Gasteiger partial charge in [-0.3, -0.25) is 4.98 Å². The Kier molecular flexibility index (Phi) is 2.99. The quantitative estimate of drug-likeness (QED) is 0.755. The molecule has 2 N–H and O–H groups in total. The third-order valence-electron chi connectivity index (χ3n) is 2.09. The number of H-pyrrole nitrogens is 1. The van der Waals surface area contributed by atoms with E-state index in [-0.39, 0.29) is 6.04 Å². The standard InChI is InChI=1S/C9H12N6/c1-7(8-4-2-3-5-10-8)11-6-9-12-14-15-13-9/h2-5,7,11H,6H2,1H3,(H,12,13,14,15). The number of hydrogen-bond donors (Lipinski definition) is 2. The van der Waals surface area contributed by atoms with Crippen LogP contribution in [-0.4, -0.2) is 25.6 Å². The summed E-state index contributed by atoms with van der Waals surface area (Å²) in [5, 5.41) is 16.8. The van der Waals surface area contributed by atoms with Crippen molar-refractivity contribution in [1.29, 1.82) is 0 Å². The van der Waals surface area contributed by atoms with Crippen molar-refractivity contribution >= 4 is 0 Å². The number of tetrazole rings is 1. The van der Waals surface area contributed by atoms with Crippen molar-refractivity contribution in [2.45, 2.75) is 19.5 Å². The third kappa shape index (κ3) is 2.57. The molecule has 78 valence electrons. The van der Waals surface area contributed by atoms with E-state index in [1.54, 1.807) is 6.20 Å². The van der Waals surface area contributed by atoms with Gasteiger partial charge in [-0.2, -0.15) is 5.21 Å². The van der Waals surface area contributed by atoms with Crippen LogP contribution in [0.4, 0.5) is 0 Å². The topological polar surface area (TPSA) is 79.4 Å². The SMILES string of the molecule is CC(NCc1nn[nH]n1)c1ccccn1. The Labute approximate surface area is 87.1 Å². The third-order valence-corrected chi connectivity index (χ3v) is 2.09. The smallest absolute Gasteiger partial charge is 0.188 e. The molecule has 0 aromatic carbocycles. The van der Waals surface area contributed by atoms with Crippen LogP contribution in [-0.2, 0) is 6.54 Å². The summed E-state index contributed by atoms with van der Waals surface area (Å²) in [4.78, 5) is 4.25. The fraction of sp³-hybridized carbons (Fsp3) is 0.333. The number of nitrogens with one attached hydrogen (secondary N) is 2. The van der Waals surface area contributed by atoms with Crippen LogP contribution in [0.25, 0.3) is 0 Å². The fourth-order valence-electron chi connectivity index (χ4n) is 1.24. The molecule has 1 atom stereocenters. The average Bonchev–Trinajstić information content (AvgIpc) is 2.80. The Morgan fingerprint density at radius 2 is 2.40 bits per heavy atom. The van der Waals surface area contributed by atoms with Gasteiger partial charge in [-0.05, 0) is 19.1 Å². The zero-order valence-corrected chi connectivity index (χ0v) is 8.38. The highest BCUT2D eigenvalue weighted by Gasteiger charge is 2.06. The fourth-order valence-corrected chi connectivity index (χ4v) is 1.24. The molecule has 0 spiro atoms. The summed E-state index contributed by atoms with van der Waals surface area (Å²) in [5.74, 6) is 0.651. The molecule has 0 saturated heterocycles. The number of aromatic amines is 1. The second kappa shape index (κ2) is 4.61. The zero-order chi connectivity index (χ0) is 10.5. The van der Waals surface area contributed by atoms with Crippen molar-refractivity contribution in [2.24, 2.45) is 0 Å². The first kappa shape index (κ1) is 9.72. The van der Waals surface area contributed by atoms with Crippen molar-refractivity contribution in [3.05, 3.63) is 35.9 Å². The maximum atomic E-state index is 4.25. The van der Waals surface area contributed by atoms with Crippen LogP contribution in [0.5, 0.6) is 0 Å². The van der Waals surface area contributed by atoms with Gasteiger partial charge in [-0.15, -0.1) is 10.2 Å². The van der Waals surface area contributed by atoms with Gasteiger partial charge in [0, 0.05) is 12.2 Å². The highest BCUT2D eigenvalue weighted by molar-refractivity contribution is 5.07. The van der Waals surface area contributed by atoms with Crippen molar-refractivity contribution in [1.82, 2.24) is 30.9 Å². The second-order valence-electron chi connectivity index (χ2n) is 3.19. The van der Waals surface area contributed by atoms with Gasteiger partial charge < -0.3 is 5.32 Å². The molecule has 2 heterocycles. The Hall–Kier alpha value is -1.82. The average molecular weight is 204 g/mol. The predicted octanol–water partition coefficient (Wildman–Crippen LogP) is 0.445. The number of nitrogens with zero attached hydrogens (tertiary/aromatic N) is 4. The minimum atomic E-state index is 0.171. The van der Waals surface area contributed by atoms with E-state index in [1.807, 2.05) is 25.1 Å². The van der Waals surface area contributed by atoms with Crippen LogP contribution in [0.3, 0.4) is 0 Å². The van der Waals surface area contributed by atoms with Crippen molar-refractivity contribution in [2.75, 3.05) is 0 Å². The predicted molar refractivity (Wildman–Crippen MR) is 53.7 cm³/mol. The highest BCUT2D eigenvalue weighted by Crippen LogP contribution is 2.07. The Balaban J connectivity index is 1.90. The van der Waals surface area contributed by atoms with E-state index in [0.29, 0.717) is 12.4 Å². The van der Waals surface area contributed by atoms with E-state index >= 15 is 0 Å². The molecule has 0 amide bonds. The van der Waals surface area contributed by atoms with Gasteiger partial charge in [0.2, 0.25) is 0 Å². The summed E-state index contributed by atoms with van der Waals surface area (Å²) in [6.07, 6.45) is 1.78. The minimum Gasteiger partial charge on any atom is -0.302 e. The number of pyridine rings is 1. The second-order valence-corrected chi connectivity index (χ2v) is 3.19. The molecule has 2 rings (SSSR count). The molecule has 0 saturated carbocycles. The highest BCUT2D eigenvalue weighted by atomic mass is 15.5. The molecule has 0 fully saturated rings. The van der Waals surface area contributed by atoms with E-state index in [4.69, 9.17) is 0 Å². The van der Waals surface area contributed by atoms with Gasteiger partial charge in [0.25, 0.3) is 0 Å². The van der Waals surface area contributed by atoms with Crippen LogP contribution in [0, 0.1) is 0 Å². The summed E-state index contributed by atoms with van der Waals surface area (Å²) in [5.41, 5.74) is 1.00. The molecule has 1 unspecified atom stereocenters. The monoisotopic (exact) mass is 204 g/mol. The van der Waals surface area contributed by atoms with Gasteiger partial charge in [0.15, 0.2) is 5.82 Å². The van der Waals surface area contributed by atoms with Crippen LogP contribution in [0.1, 0.15) is 24.5 Å². The lowest BCUT2D eigenvalue weighted by Gasteiger charge is -2.10. The molecule has 0 bridgehead atoms. The Morgan fingerprint density at radius 1 is 1.47 bits per heavy atom. The molecular weight excluding hydrogens is 192 g/mol. The first-order chi connectivity index (χ1) is 7.36. The summed E-state index contributed by atoms with van der Waals surface area (Å²) < 4.78 is 0. The first-order valence-electron chi connectivity index (χ1n) is 4.73. The van der Waals surface area contributed by atoms with Gasteiger partial charge in [0.1, 0.15) is 0 Å². The number of aromatic nitrogens is 5. The largest absolute Gasteiger partial charge is 0.302 e. The van der Waals surface area contributed by atoms with Crippen LogP contribution in [0.15, 0.2) is 24.4 Å². The number of rotatable bonds is 4. The minimum absolute atomic E-state index is 0.171. The maximum Gasteiger partial charge on any atom is 0.188 e. The summed E-state index contributed by atoms with van der Waals surface area (Å²) in [6, 6.07) is 6.02. The molecule has 2 aromatic rings. The lowest BCUT2D eigenvalue weighted by atomic mass is 10.2. The molecular formula is C9H12N6. The first-order valence-corrected chi connectivity index (χ1v) is 4.73. The van der Waals surface area contributed by atoms with Gasteiger partial charge >= 0.3 is 0 Å². The van der Waals surface area contributed by atoms with Gasteiger partial charge in [-0.25, -0.2) is 0 Å². The lowest BCUT2D eigenvalue weighted by molar-refractivity contribution is 0.548. The van der Waals surface area contributed by atoms with Crippen molar-refractivity contribution in [3.63, 3.8) is 0 Å². The van der Waals surface area contributed by atoms with E-state index in [2.05, 4.69) is 30.9 Å². The lowest BCUT2D eigenvalue weighted by Crippen LogP contribution is -2.19. The summed E-state index contributed by atoms with van der Waals surface area (Å²) in [6.45, 7) is 2.62. The van der Waals surface area contributed by atoms with E-state index in [1.165, 1.54) is 0 Å². The summed E-state index contributed by atoms with van der Waals surface area (Å²) in [7, 11) is 0. The van der Waals surface area contributed by atoms with Crippen molar-refractivity contribution in [3.8, 4) is 0 Å². The molecule has 0 radical (unpaired) electrons. The molecule has 0 aliphatic rings. The van der Waals surface area contributed by atoms with Crippen LogP contribution >= 0.6 is 0 Å². The molecule has 0 aliphatic heterocycles. The summed E-state index contributed by atoms with van der Waals surface area (Å²) >= 11 is 0. The molecule has 15 heavy (non-hydrogen) atoms. The van der Waals surface area contributed by atoms with Crippen LogP contribution in [0.2, 0.25) is 0 Å². The van der Waals surface area contributed by atoms with E-state index < -0.39 is 0 Å². The normalized spacial score (nSPS) is 12.6. The molecule has 6 nitrogen and oxygen atoms in total. The molecule has 6 heteroatoms. The molecule has 0 aliphatic carbocycles. The van der Waals surface area contributed by atoms with Crippen molar-refractivity contribution < 1.29 is 0 Å². The Bertz CT molecular complexity index is 384. The van der Waals surface area contributed by atoms with Crippen LogP contribution < -0.4 is 5.32 Å².